The van der Waals surface area contributed by atoms with Crippen molar-refractivity contribution >= 4 is 17.1 Å². The molecule has 3 aromatic carbocycles. The van der Waals surface area contributed by atoms with Crippen molar-refractivity contribution in [2.45, 2.75) is 0 Å². The molecule has 0 aliphatic carbocycles. The molecule has 0 saturated carbocycles. The van der Waals surface area contributed by atoms with Crippen molar-refractivity contribution in [2.75, 3.05) is 11.1 Å². The molecule has 3 N–H and O–H groups in total. The van der Waals surface area contributed by atoms with Crippen LogP contribution in [-0.4, -0.2) is 0 Å². The van der Waals surface area contributed by atoms with E-state index in [1.54, 1.807) is 12.1 Å². The maximum absolute atomic E-state index is 12.8. The minimum atomic E-state index is -0.285. The van der Waals surface area contributed by atoms with E-state index >= 15 is 0 Å². The molecule has 0 atom stereocenters. The number of nitrogens with two attached hydrogens (primary N) is 1. The van der Waals surface area contributed by atoms with Gasteiger partial charge < -0.3 is 15.8 Å². The molecule has 0 aliphatic heterocycles. The Labute approximate surface area is 128 Å². The van der Waals surface area contributed by atoms with Crippen LogP contribution in [0.1, 0.15) is 0 Å². The summed E-state index contributed by atoms with van der Waals surface area (Å²) in [5.41, 5.74) is 8.35. The second-order valence-electron chi connectivity index (χ2n) is 4.79. The lowest BCUT2D eigenvalue weighted by molar-refractivity contribution is 0.480. The van der Waals surface area contributed by atoms with Gasteiger partial charge >= 0.3 is 0 Å². The summed E-state index contributed by atoms with van der Waals surface area (Å²) < 4.78 is 18.5. The molecular formula is C18H15FN2O. The number of hydrogen-bond acceptors (Lipinski definition) is 3. The van der Waals surface area contributed by atoms with Crippen molar-refractivity contribution < 1.29 is 9.13 Å². The topological polar surface area (TPSA) is 47.3 Å². The predicted molar refractivity (Wildman–Crippen MR) is 87.1 cm³/mol. The molecule has 0 radical (unpaired) electrons. The molecule has 110 valence electrons. The number of para-hydroxylation sites is 2. The molecule has 0 bridgehead atoms. The van der Waals surface area contributed by atoms with E-state index in [2.05, 4.69) is 5.32 Å². The maximum Gasteiger partial charge on any atom is 0.127 e. The average Bonchev–Trinajstić information content (AvgIpc) is 2.54. The van der Waals surface area contributed by atoms with Crippen molar-refractivity contribution in [1.82, 2.24) is 0 Å². The number of nitrogens with one attached hydrogen (secondary N) is 1. The van der Waals surface area contributed by atoms with Crippen molar-refractivity contribution in [2.24, 2.45) is 0 Å². The van der Waals surface area contributed by atoms with E-state index in [0.29, 0.717) is 17.2 Å². The monoisotopic (exact) mass is 294 g/mol. The number of halogens is 1. The van der Waals surface area contributed by atoms with Crippen LogP contribution in [0.5, 0.6) is 11.5 Å². The van der Waals surface area contributed by atoms with E-state index in [0.717, 1.165) is 11.4 Å². The molecule has 0 amide bonds. The second-order valence-corrected chi connectivity index (χ2v) is 4.79. The highest BCUT2D eigenvalue weighted by atomic mass is 19.1. The summed E-state index contributed by atoms with van der Waals surface area (Å²) >= 11 is 0. The van der Waals surface area contributed by atoms with Gasteiger partial charge in [0, 0.05) is 5.69 Å². The first-order chi connectivity index (χ1) is 10.7. The van der Waals surface area contributed by atoms with Gasteiger partial charge in [-0.15, -0.1) is 0 Å². The van der Waals surface area contributed by atoms with E-state index in [4.69, 9.17) is 10.5 Å². The SMILES string of the molecule is Nc1ccccc1Nc1ccc(Oc2ccc(F)cc2)cc1. The molecule has 3 nitrogen and oxygen atoms in total. The minimum Gasteiger partial charge on any atom is -0.457 e. The lowest BCUT2D eigenvalue weighted by atomic mass is 10.2. The number of nitrogen functional groups attached to an aromatic ring is 1. The summed E-state index contributed by atoms with van der Waals surface area (Å²) in [4.78, 5) is 0. The molecular weight excluding hydrogens is 279 g/mol. The molecule has 0 aromatic heterocycles. The maximum atomic E-state index is 12.8. The Morgan fingerprint density at radius 1 is 0.773 bits per heavy atom. The smallest absolute Gasteiger partial charge is 0.127 e. The van der Waals surface area contributed by atoms with Crippen LogP contribution in [0, 0.1) is 5.82 Å². The fourth-order valence-corrected chi connectivity index (χ4v) is 2.01. The fraction of sp³-hybridized carbons (Fsp3) is 0. The Kier molecular flexibility index (Phi) is 3.92. The van der Waals surface area contributed by atoms with Crippen LogP contribution in [0.25, 0.3) is 0 Å². The molecule has 0 aliphatic rings. The van der Waals surface area contributed by atoms with Crippen molar-refractivity contribution in [1.29, 1.82) is 0 Å². The molecule has 3 aromatic rings. The zero-order valence-electron chi connectivity index (χ0n) is 11.8. The van der Waals surface area contributed by atoms with E-state index in [9.17, 15) is 4.39 Å². The third-order valence-electron chi connectivity index (χ3n) is 3.14. The van der Waals surface area contributed by atoms with Gasteiger partial charge in [-0.1, -0.05) is 12.1 Å². The van der Waals surface area contributed by atoms with Gasteiger partial charge in [-0.3, -0.25) is 0 Å². The Hall–Kier alpha value is -3.01. The van der Waals surface area contributed by atoms with E-state index in [-0.39, 0.29) is 5.82 Å². The summed E-state index contributed by atoms with van der Waals surface area (Å²) in [5.74, 6) is 0.986. The largest absolute Gasteiger partial charge is 0.457 e. The van der Waals surface area contributed by atoms with E-state index in [1.807, 2.05) is 48.5 Å². The molecule has 0 unspecified atom stereocenters. The number of hydrogen-bond donors (Lipinski definition) is 2. The van der Waals surface area contributed by atoms with E-state index < -0.39 is 0 Å². The lowest BCUT2D eigenvalue weighted by Crippen LogP contribution is -1.95. The summed E-state index contributed by atoms with van der Waals surface area (Å²) in [6.45, 7) is 0. The third kappa shape index (κ3) is 3.35. The first-order valence-electron chi connectivity index (χ1n) is 6.86. The number of anilines is 3. The first-order valence-corrected chi connectivity index (χ1v) is 6.86. The molecule has 22 heavy (non-hydrogen) atoms. The van der Waals surface area contributed by atoms with Gasteiger partial charge in [0.15, 0.2) is 0 Å². The Balaban J connectivity index is 1.70. The molecule has 0 spiro atoms. The van der Waals surface area contributed by atoms with Crippen molar-refractivity contribution in [3.05, 3.63) is 78.6 Å². The van der Waals surface area contributed by atoms with E-state index in [1.165, 1.54) is 12.1 Å². The predicted octanol–water partition coefficient (Wildman–Crippen LogP) is 4.94. The van der Waals surface area contributed by atoms with Crippen LogP contribution in [0.3, 0.4) is 0 Å². The lowest BCUT2D eigenvalue weighted by Gasteiger charge is -2.10. The molecule has 3 rings (SSSR count). The van der Waals surface area contributed by atoms with Crippen LogP contribution < -0.4 is 15.8 Å². The average molecular weight is 294 g/mol. The van der Waals surface area contributed by atoms with Gasteiger partial charge in [-0.25, -0.2) is 4.39 Å². The zero-order chi connectivity index (χ0) is 15.4. The summed E-state index contributed by atoms with van der Waals surface area (Å²) in [5, 5.41) is 3.24. The molecule has 0 fully saturated rings. The van der Waals surface area contributed by atoms with Gasteiger partial charge in [0.05, 0.1) is 11.4 Å². The Morgan fingerprint density at radius 2 is 1.36 bits per heavy atom. The number of benzene rings is 3. The normalized spacial score (nSPS) is 10.2. The first kappa shape index (κ1) is 13.9. The van der Waals surface area contributed by atoms with Crippen LogP contribution in [0.2, 0.25) is 0 Å². The molecule has 0 saturated heterocycles. The summed E-state index contributed by atoms with van der Waals surface area (Å²) in [7, 11) is 0. The standard InChI is InChI=1S/C18H15FN2O/c19-13-5-9-15(10-6-13)22-16-11-7-14(8-12-16)21-18-4-2-1-3-17(18)20/h1-12,21H,20H2. The van der Waals surface area contributed by atoms with Crippen LogP contribution in [0.4, 0.5) is 21.5 Å². The Morgan fingerprint density at radius 3 is 2.00 bits per heavy atom. The van der Waals surface area contributed by atoms with Crippen LogP contribution in [0.15, 0.2) is 72.8 Å². The fourth-order valence-electron chi connectivity index (χ4n) is 2.01. The minimum absolute atomic E-state index is 0.285. The van der Waals surface area contributed by atoms with Crippen LogP contribution in [-0.2, 0) is 0 Å². The highest BCUT2D eigenvalue weighted by molar-refractivity contribution is 5.72. The summed E-state index contributed by atoms with van der Waals surface area (Å²) in [6, 6.07) is 20.9. The quantitative estimate of drug-likeness (QED) is 0.670. The molecule has 0 heterocycles. The van der Waals surface area contributed by atoms with Gasteiger partial charge in [-0.05, 0) is 60.7 Å². The van der Waals surface area contributed by atoms with Crippen molar-refractivity contribution in [3.8, 4) is 11.5 Å². The second kappa shape index (κ2) is 6.18. The highest BCUT2D eigenvalue weighted by Crippen LogP contribution is 2.26. The van der Waals surface area contributed by atoms with Crippen molar-refractivity contribution in [3.63, 3.8) is 0 Å². The number of ether oxygens (including phenoxy) is 1. The number of rotatable bonds is 4. The van der Waals surface area contributed by atoms with Gasteiger partial charge in [0.2, 0.25) is 0 Å². The van der Waals surface area contributed by atoms with Gasteiger partial charge in [0.25, 0.3) is 0 Å². The summed E-state index contributed by atoms with van der Waals surface area (Å²) in [6.07, 6.45) is 0. The third-order valence-corrected chi connectivity index (χ3v) is 3.14. The highest BCUT2D eigenvalue weighted by Gasteiger charge is 2.01. The van der Waals surface area contributed by atoms with Gasteiger partial charge in [0.1, 0.15) is 17.3 Å². The zero-order valence-corrected chi connectivity index (χ0v) is 11.8. The van der Waals surface area contributed by atoms with Gasteiger partial charge in [-0.2, -0.15) is 0 Å². The Bertz CT molecular complexity index is 755. The van der Waals surface area contributed by atoms with Crippen LogP contribution >= 0.6 is 0 Å². The molecule has 4 heteroatoms.